The highest BCUT2D eigenvalue weighted by molar-refractivity contribution is 5.99. The van der Waals surface area contributed by atoms with Gasteiger partial charge in [-0.05, 0) is 100 Å². The summed E-state index contributed by atoms with van der Waals surface area (Å²) in [6.07, 6.45) is -2.11. The van der Waals surface area contributed by atoms with Gasteiger partial charge in [0.05, 0.1) is 25.2 Å². The molecule has 1 heterocycles. The van der Waals surface area contributed by atoms with E-state index < -0.39 is 18.5 Å². The van der Waals surface area contributed by atoms with Crippen LogP contribution in [0.25, 0.3) is 33.0 Å². The molecule has 0 aromatic heterocycles. The van der Waals surface area contributed by atoms with Gasteiger partial charge in [0.2, 0.25) is 5.91 Å². The second kappa shape index (κ2) is 13.7. The molecule has 0 atom stereocenters. The molecule has 43 heavy (non-hydrogen) atoms. The van der Waals surface area contributed by atoms with Gasteiger partial charge in [-0.2, -0.15) is 13.2 Å². The number of halogens is 3. The Bertz CT molecular complexity index is 1530. The van der Waals surface area contributed by atoms with Crippen molar-refractivity contribution in [2.75, 3.05) is 33.1 Å². The van der Waals surface area contributed by atoms with Crippen LogP contribution in [0.2, 0.25) is 0 Å². The largest absolute Gasteiger partial charge is 0.416 e. The molecule has 0 unspecified atom stereocenters. The number of piperidine rings is 1. The fraction of sp³-hybridized carbons (Fsp3) is 0.343. The van der Waals surface area contributed by atoms with Crippen LogP contribution in [0.1, 0.15) is 48.8 Å². The molecular formula is C35H36F3NO4. The molecule has 1 aliphatic heterocycles. The van der Waals surface area contributed by atoms with Crippen LogP contribution in [0.4, 0.5) is 13.2 Å². The van der Waals surface area contributed by atoms with Crippen molar-refractivity contribution in [1.82, 2.24) is 4.90 Å². The van der Waals surface area contributed by atoms with Crippen molar-refractivity contribution in [1.29, 1.82) is 0 Å². The lowest BCUT2D eigenvalue weighted by atomic mass is 9.87. The molecule has 226 valence electrons. The van der Waals surface area contributed by atoms with Crippen molar-refractivity contribution < 1.29 is 32.5 Å². The minimum atomic E-state index is -4.38. The number of carbonyl (C=O) groups excluding carboxylic acids is 1. The summed E-state index contributed by atoms with van der Waals surface area (Å²) in [6, 6.07) is 23.7. The fourth-order valence-corrected chi connectivity index (χ4v) is 5.81. The molecule has 0 bridgehead atoms. The van der Waals surface area contributed by atoms with Gasteiger partial charge < -0.3 is 19.5 Å². The van der Waals surface area contributed by atoms with Crippen LogP contribution in [-0.4, -0.2) is 49.0 Å². The van der Waals surface area contributed by atoms with Gasteiger partial charge in [0.15, 0.2) is 0 Å². The van der Waals surface area contributed by atoms with Crippen molar-refractivity contribution in [2.24, 2.45) is 0 Å². The minimum absolute atomic E-state index is 0.153. The van der Waals surface area contributed by atoms with E-state index in [2.05, 4.69) is 30.3 Å². The van der Waals surface area contributed by atoms with Crippen LogP contribution in [0, 0.1) is 0 Å². The summed E-state index contributed by atoms with van der Waals surface area (Å²) in [5.41, 5.74) is 5.00. The lowest BCUT2D eigenvalue weighted by Crippen LogP contribution is -2.38. The third-order valence-corrected chi connectivity index (χ3v) is 8.12. The quantitative estimate of drug-likeness (QED) is 0.151. The molecule has 1 fully saturated rings. The number of fused-ring (bicyclic) bond motifs is 1. The normalized spacial score (nSPS) is 14.4. The van der Waals surface area contributed by atoms with Gasteiger partial charge in [-0.3, -0.25) is 4.79 Å². The van der Waals surface area contributed by atoms with Gasteiger partial charge in [0.1, 0.15) is 6.79 Å². The lowest BCUT2D eigenvalue weighted by Gasteiger charge is -2.32. The average molecular weight is 592 g/mol. The molecule has 0 radical (unpaired) electrons. The molecule has 0 saturated carbocycles. The molecule has 8 heteroatoms. The maximum Gasteiger partial charge on any atom is 0.416 e. The first-order chi connectivity index (χ1) is 20.8. The number of carbonyl (C=O) groups is 1. The highest BCUT2D eigenvalue weighted by atomic mass is 19.4. The summed E-state index contributed by atoms with van der Waals surface area (Å²) in [5.74, 6) is 0.540. The summed E-state index contributed by atoms with van der Waals surface area (Å²) in [7, 11) is 0. The summed E-state index contributed by atoms with van der Waals surface area (Å²) in [5, 5.41) is 11.2. The number of hydrogen-bond donors (Lipinski definition) is 1. The van der Waals surface area contributed by atoms with Gasteiger partial charge in [0, 0.05) is 19.7 Å². The number of hydrogen-bond acceptors (Lipinski definition) is 4. The fourth-order valence-electron chi connectivity index (χ4n) is 5.81. The van der Waals surface area contributed by atoms with E-state index in [1.807, 2.05) is 36.1 Å². The van der Waals surface area contributed by atoms with Crippen LogP contribution < -0.4 is 0 Å². The number of benzene rings is 4. The Morgan fingerprint density at radius 2 is 1.56 bits per heavy atom. The van der Waals surface area contributed by atoms with Crippen LogP contribution in [-0.2, 0) is 27.1 Å². The van der Waals surface area contributed by atoms with Crippen molar-refractivity contribution >= 4 is 16.7 Å². The van der Waals surface area contributed by atoms with Gasteiger partial charge >= 0.3 is 6.18 Å². The Balaban J connectivity index is 1.37. The number of likely N-dealkylation sites (tertiary alicyclic amines) is 1. The molecule has 4 aromatic carbocycles. The third-order valence-electron chi connectivity index (χ3n) is 8.12. The Labute approximate surface area is 249 Å². The molecule has 1 N–H and O–H groups in total. The molecular weight excluding hydrogens is 555 g/mol. The maximum atomic E-state index is 13.1. The third kappa shape index (κ3) is 7.44. The number of nitrogens with zero attached hydrogens (tertiary/aromatic N) is 1. The highest BCUT2D eigenvalue weighted by Crippen LogP contribution is 2.36. The van der Waals surface area contributed by atoms with Crippen LogP contribution in [0.5, 0.6) is 0 Å². The maximum absolute atomic E-state index is 13.1. The first kappa shape index (κ1) is 30.7. The monoisotopic (exact) mass is 591 g/mol. The van der Waals surface area contributed by atoms with E-state index >= 15 is 0 Å². The van der Waals surface area contributed by atoms with Gasteiger partial charge in [-0.1, -0.05) is 48.5 Å². The predicted octanol–water partition coefficient (Wildman–Crippen LogP) is 7.79. The van der Waals surface area contributed by atoms with Gasteiger partial charge in [0.25, 0.3) is 0 Å². The standard InChI is InChI=1S/C35H36F3NO4/c1-2-42-18-15-34(41)39-16-13-27(14-17-39)25-3-5-28(6-4-25)33-20-24(22-43-23-40)19-30-21-29(9-12-32(30)33)26-7-10-31(11-8-26)35(36,37)38/h3-12,19-21,27,40H,2,13-18,22-23H2,1H3. The predicted molar refractivity (Wildman–Crippen MR) is 161 cm³/mol. The zero-order valence-electron chi connectivity index (χ0n) is 24.2. The van der Waals surface area contributed by atoms with E-state index in [1.54, 1.807) is 0 Å². The summed E-state index contributed by atoms with van der Waals surface area (Å²) < 4.78 is 49.8. The van der Waals surface area contributed by atoms with E-state index in [1.165, 1.54) is 17.7 Å². The van der Waals surface area contributed by atoms with Gasteiger partial charge in [-0.25, -0.2) is 0 Å². The number of rotatable bonds is 10. The van der Waals surface area contributed by atoms with Crippen LogP contribution in [0.15, 0.2) is 78.9 Å². The average Bonchev–Trinajstić information content (AvgIpc) is 3.03. The van der Waals surface area contributed by atoms with Crippen molar-refractivity contribution in [3.8, 4) is 22.3 Å². The van der Waals surface area contributed by atoms with E-state index in [0.717, 1.165) is 71.1 Å². The van der Waals surface area contributed by atoms with Crippen molar-refractivity contribution in [3.63, 3.8) is 0 Å². The number of aliphatic hydroxyl groups excluding tert-OH is 1. The number of alkyl halides is 3. The molecule has 5 rings (SSSR count). The van der Waals surface area contributed by atoms with Crippen LogP contribution >= 0.6 is 0 Å². The Morgan fingerprint density at radius 1 is 0.884 bits per heavy atom. The Morgan fingerprint density at radius 3 is 2.21 bits per heavy atom. The molecule has 4 aromatic rings. The van der Waals surface area contributed by atoms with Crippen LogP contribution in [0.3, 0.4) is 0 Å². The lowest BCUT2D eigenvalue weighted by molar-refractivity contribution is -0.137. The number of ether oxygens (including phenoxy) is 2. The van der Waals surface area contributed by atoms with E-state index in [9.17, 15) is 23.1 Å². The molecule has 1 saturated heterocycles. The molecule has 1 aliphatic rings. The number of aliphatic hydroxyl groups is 1. The molecule has 5 nitrogen and oxygen atoms in total. The SMILES string of the molecule is CCOCCC(=O)N1CCC(c2ccc(-c3cc(COCO)cc4cc(-c5ccc(C(F)(F)F)cc5)ccc34)cc2)CC1. The van der Waals surface area contributed by atoms with Gasteiger partial charge in [-0.15, -0.1) is 0 Å². The van der Waals surface area contributed by atoms with E-state index in [-0.39, 0.29) is 12.5 Å². The first-order valence-corrected chi connectivity index (χ1v) is 14.7. The zero-order valence-corrected chi connectivity index (χ0v) is 24.2. The van der Waals surface area contributed by atoms with Crippen molar-refractivity contribution in [3.05, 3.63) is 95.6 Å². The zero-order chi connectivity index (χ0) is 30.4. The van der Waals surface area contributed by atoms with E-state index in [4.69, 9.17) is 9.47 Å². The summed E-state index contributed by atoms with van der Waals surface area (Å²) in [6.45, 7) is 4.33. The molecule has 0 aliphatic carbocycles. The smallest absolute Gasteiger partial charge is 0.381 e. The first-order valence-electron chi connectivity index (χ1n) is 14.7. The van der Waals surface area contributed by atoms with E-state index in [0.29, 0.717) is 31.1 Å². The second-order valence-electron chi connectivity index (χ2n) is 10.9. The molecule has 1 amide bonds. The van der Waals surface area contributed by atoms with Crippen molar-refractivity contribution in [2.45, 2.75) is 44.9 Å². The number of amides is 1. The highest BCUT2D eigenvalue weighted by Gasteiger charge is 2.30. The topological polar surface area (TPSA) is 59.0 Å². The Kier molecular flexibility index (Phi) is 9.80. The Hall–Kier alpha value is -3.72. The second-order valence-corrected chi connectivity index (χ2v) is 10.9. The summed E-state index contributed by atoms with van der Waals surface area (Å²) >= 11 is 0. The molecule has 0 spiro atoms. The summed E-state index contributed by atoms with van der Waals surface area (Å²) in [4.78, 5) is 14.4. The minimum Gasteiger partial charge on any atom is -0.381 e.